The monoisotopic (exact) mass is 313 g/mol. The van der Waals surface area contributed by atoms with Crippen LogP contribution < -0.4 is 0 Å². The van der Waals surface area contributed by atoms with Crippen LogP contribution in [0.25, 0.3) is 0 Å². The third-order valence-electron chi connectivity index (χ3n) is 4.02. The van der Waals surface area contributed by atoms with Crippen molar-refractivity contribution in [2.75, 3.05) is 6.54 Å². The van der Waals surface area contributed by atoms with Gasteiger partial charge in [-0.25, -0.2) is 8.42 Å². The Balaban J connectivity index is 2.01. The van der Waals surface area contributed by atoms with E-state index in [9.17, 15) is 8.42 Å². The van der Waals surface area contributed by atoms with Crippen molar-refractivity contribution in [3.8, 4) is 0 Å². The van der Waals surface area contributed by atoms with Crippen LogP contribution in [-0.4, -0.2) is 19.3 Å². The van der Waals surface area contributed by atoms with Gasteiger partial charge >= 0.3 is 0 Å². The van der Waals surface area contributed by atoms with Crippen LogP contribution in [-0.2, 0) is 10.0 Å². The van der Waals surface area contributed by atoms with Crippen molar-refractivity contribution in [2.24, 2.45) is 0 Å². The molecule has 1 saturated heterocycles. The van der Waals surface area contributed by atoms with Crippen LogP contribution >= 0.6 is 0 Å². The first-order valence-electron chi connectivity index (χ1n) is 7.28. The van der Waals surface area contributed by atoms with Gasteiger partial charge in [-0.1, -0.05) is 60.2 Å². The van der Waals surface area contributed by atoms with Gasteiger partial charge < -0.3 is 0 Å². The Hall–Kier alpha value is -1.91. The topological polar surface area (TPSA) is 37.4 Å². The van der Waals surface area contributed by atoms with Crippen LogP contribution in [0.3, 0.4) is 0 Å². The molecule has 0 amide bonds. The molecule has 0 unspecified atom stereocenters. The summed E-state index contributed by atoms with van der Waals surface area (Å²) in [6.07, 6.45) is 0.676. The highest BCUT2D eigenvalue weighted by Crippen LogP contribution is 2.38. The molecule has 22 heavy (non-hydrogen) atoms. The van der Waals surface area contributed by atoms with Gasteiger partial charge in [-0.05, 0) is 31.0 Å². The number of sulfonamides is 1. The minimum absolute atomic E-state index is 0.167. The number of hydrogen-bond acceptors (Lipinski definition) is 2. The van der Waals surface area contributed by atoms with Gasteiger partial charge in [-0.2, -0.15) is 4.31 Å². The lowest BCUT2D eigenvalue weighted by atomic mass is 10.0. The Kier molecular flexibility index (Phi) is 3.89. The Labute approximate surface area is 132 Å². The fourth-order valence-corrected chi connectivity index (χ4v) is 4.46. The summed E-state index contributed by atoms with van der Waals surface area (Å²) < 4.78 is 27.5. The first-order valence-corrected chi connectivity index (χ1v) is 8.72. The summed E-state index contributed by atoms with van der Waals surface area (Å²) in [7, 11) is -3.51. The quantitative estimate of drug-likeness (QED) is 0.811. The number of benzene rings is 2. The van der Waals surface area contributed by atoms with E-state index in [-0.39, 0.29) is 6.04 Å². The number of aryl methyl sites for hydroxylation is 1. The van der Waals surface area contributed by atoms with Crippen LogP contribution in [0.5, 0.6) is 0 Å². The number of rotatable bonds is 3. The minimum Gasteiger partial charge on any atom is -0.207 e. The number of nitrogens with zero attached hydrogens (tertiary/aromatic N) is 1. The lowest BCUT2D eigenvalue weighted by Gasteiger charge is -2.24. The van der Waals surface area contributed by atoms with Gasteiger partial charge in [0.1, 0.15) is 0 Å². The van der Waals surface area contributed by atoms with Crippen molar-refractivity contribution in [1.29, 1.82) is 0 Å². The van der Waals surface area contributed by atoms with Crippen LogP contribution in [0.15, 0.2) is 71.6 Å². The van der Waals surface area contributed by atoms with Gasteiger partial charge in [-0.3, -0.25) is 0 Å². The molecule has 114 valence electrons. The first-order chi connectivity index (χ1) is 10.5. The molecule has 0 N–H and O–H groups in total. The Bertz CT molecular complexity index is 780. The fraction of sp³-hybridized carbons (Fsp3) is 0.222. The highest BCUT2D eigenvalue weighted by molar-refractivity contribution is 7.89. The maximum atomic E-state index is 13.0. The van der Waals surface area contributed by atoms with Crippen LogP contribution in [0.2, 0.25) is 0 Å². The van der Waals surface area contributed by atoms with Crippen LogP contribution in [0, 0.1) is 6.92 Å². The van der Waals surface area contributed by atoms with Gasteiger partial charge in [-0.15, -0.1) is 0 Å². The molecule has 0 saturated carbocycles. The summed E-state index contributed by atoms with van der Waals surface area (Å²) in [4.78, 5) is 0.341. The lowest BCUT2D eigenvalue weighted by molar-refractivity contribution is 0.397. The third kappa shape index (κ3) is 2.72. The summed E-state index contributed by atoms with van der Waals surface area (Å²) in [6.45, 7) is 6.33. The molecule has 0 radical (unpaired) electrons. The van der Waals surface area contributed by atoms with Crippen molar-refractivity contribution in [2.45, 2.75) is 24.3 Å². The summed E-state index contributed by atoms with van der Waals surface area (Å²) in [5.41, 5.74) is 3.01. The average molecular weight is 313 g/mol. The molecule has 1 atom stereocenters. The first kappa shape index (κ1) is 15.0. The van der Waals surface area contributed by atoms with E-state index >= 15 is 0 Å². The second-order valence-corrected chi connectivity index (χ2v) is 7.63. The SMILES string of the molecule is C=C1C[C@@H](c2ccccc2)N(S(=O)(=O)c2ccc(C)cc2)C1. The van der Waals surface area contributed by atoms with Crippen molar-refractivity contribution in [3.63, 3.8) is 0 Å². The molecule has 3 nitrogen and oxygen atoms in total. The second-order valence-electron chi connectivity index (χ2n) is 5.74. The molecule has 1 aliphatic rings. The maximum absolute atomic E-state index is 13.0. The Morgan fingerprint density at radius 1 is 1.05 bits per heavy atom. The van der Waals surface area contributed by atoms with Crippen LogP contribution in [0.1, 0.15) is 23.6 Å². The fourth-order valence-electron chi connectivity index (χ4n) is 2.83. The molecule has 3 rings (SSSR count). The van der Waals surface area contributed by atoms with Gasteiger partial charge in [0.05, 0.1) is 10.9 Å². The van der Waals surface area contributed by atoms with Crippen LogP contribution in [0.4, 0.5) is 0 Å². The minimum atomic E-state index is -3.51. The zero-order chi connectivity index (χ0) is 15.7. The molecule has 0 spiro atoms. The van der Waals surface area contributed by atoms with Crippen molar-refractivity contribution >= 4 is 10.0 Å². The molecule has 1 heterocycles. The lowest BCUT2D eigenvalue weighted by Crippen LogP contribution is -2.30. The molecular weight excluding hydrogens is 294 g/mol. The Morgan fingerprint density at radius 2 is 1.68 bits per heavy atom. The van der Waals surface area contributed by atoms with Gasteiger partial charge in [0.15, 0.2) is 0 Å². The van der Waals surface area contributed by atoms with Gasteiger partial charge in [0.25, 0.3) is 0 Å². The van der Waals surface area contributed by atoms with E-state index in [0.717, 1.165) is 16.7 Å². The van der Waals surface area contributed by atoms with Crippen molar-refractivity contribution in [3.05, 3.63) is 77.9 Å². The summed E-state index contributed by atoms with van der Waals surface area (Å²) >= 11 is 0. The Morgan fingerprint density at radius 3 is 2.32 bits per heavy atom. The molecule has 1 fully saturated rings. The normalized spacial score (nSPS) is 19.5. The van der Waals surface area contributed by atoms with E-state index in [1.54, 1.807) is 16.4 Å². The zero-order valence-electron chi connectivity index (χ0n) is 12.6. The third-order valence-corrected chi connectivity index (χ3v) is 5.89. The maximum Gasteiger partial charge on any atom is 0.243 e. The average Bonchev–Trinajstić information content (AvgIpc) is 2.91. The van der Waals surface area contributed by atoms with E-state index < -0.39 is 10.0 Å². The number of hydrogen-bond donors (Lipinski definition) is 0. The van der Waals surface area contributed by atoms with Crippen molar-refractivity contribution < 1.29 is 8.42 Å². The standard InChI is InChI=1S/C18H19NO2S/c1-14-8-10-17(11-9-14)22(20,21)19-13-15(2)12-18(19)16-6-4-3-5-7-16/h3-11,18H,2,12-13H2,1H3/t18-/m0/s1. The van der Waals surface area contributed by atoms with Crippen molar-refractivity contribution in [1.82, 2.24) is 4.31 Å². The largest absolute Gasteiger partial charge is 0.243 e. The highest BCUT2D eigenvalue weighted by Gasteiger charge is 2.37. The van der Waals surface area contributed by atoms with E-state index in [2.05, 4.69) is 6.58 Å². The zero-order valence-corrected chi connectivity index (χ0v) is 13.4. The molecule has 0 aromatic heterocycles. The van der Waals surface area contributed by atoms with Gasteiger partial charge in [0, 0.05) is 6.54 Å². The molecule has 1 aliphatic heterocycles. The second kappa shape index (κ2) is 5.71. The predicted molar refractivity (Wildman–Crippen MR) is 88.0 cm³/mol. The highest BCUT2D eigenvalue weighted by atomic mass is 32.2. The molecule has 4 heteroatoms. The summed E-state index contributed by atoms with van der Waals surface area (Å²) in [5.74, 6) is 0. The van der Waals surface area contributed by atoms with E-state index in [1.807, 2.05) is 49.4 Å². The van der Waals surface area contributed by atoms with E-state index in [1.165, 1.54) is 0 Å². The van der Waals surface area contributed by atoms with E-state index in [4.69, 9.17) is 0 Å². The molecule has 2 aromatic rings. The molecular formula is C18H19NO2S. The molecule has 0 bridgehead atoms. The smallest absolute Gasteiger partial charge is 0.207 e. The van der Waals surface area contributed by atoms with E-state index in [0.29, 0.717) is 17.9 Å². The summed E-state index contributed by atoms with van der Waals surface area (Å²) in [6, 6.07) is 16.6. The molecule has 2 aromatic carbocycles. The molecule has 0 aliphatic carbocycles. The van der Waals surface area contributed by atoms with Gasteiger partial charge in [0.2, 0.25) is 10.0 Å². The predicted octanol–water partition coefficient (Wildman–Crippen LogP) is 3.69. The summed E-state index contributed by atoms with van der Waals surface area (Å²) in [5, 5.41) is 0.